The van der Waals surface area contributed by atoms with Crippen LogP contribution >= 0.6 is 0 Å². The number of hydrogen-bond acceptors (Lipinski definition) is 5. The SMILES string of the molecule is O=C(COc1ccccc1)NCC[C@H]1C[C@H](S(=O)(=O)c2ccccc2)CCO1. The number of rotatable bonds is 8. The molecule has 0 aliphatic carbocycles. The van der Waals surface area contributed by atoms with E-state index in [1.807, 2.05) is 18.2 Å². The Bertz CT molecular complexity index is 855. The van der Waals surface area contributed by atoms with Gasteiger partial charge in [0.1, 0.15) is 5.75 Å². The van der Waals surface area contributed by atoms with Gasteiger partial charge in [-0.3, -0.25) is 4.79 Å². The fourth-order valence-electron chi connectivity index (χ4n) is 3.22. The molecule has 1 N–H and O–H groups in total. The van der Waals surface area contributed by atoms with Gasteiger partial charge >= 0.3 is 0 Å². The van der Waals surface area contributed by atoms with Crippen LogP contribution in [-0.4, -0.2) is 45.4 Å². The summed E-state index contributed by atoms with van der Waals surface area (Å²) in [5.41, 5.74) is 0. The summed E-state index contributed by atoms with van der Waals surface area (Å²) < 4.78 is 36.7. The number of carbonyl (C=O) groups is 1. The zero-order chi connectivity index (χ0) is 19.8. The third kappa shape index (κ3) is 5.56. The van der Waals surface area contributed by atoms with E-state index >= 15 is 0 Å². The summed E-state index contributed by atoms with van der Waals surface area (Å²) in [7, 11) is -3.36. The Kier molecular flexibility index (Phi) is 7.06. The maximum atomic E-state index is 12.8. The van der Waals surface area contributed by atoms with Crippen molar-refractivity contribution in [2.24, 2.45) is 0 Å². The molecular weight excluding hydrogens is 378 g/mol. The van der Waals surface area contributed by atoms with Gasteiger partial charge in [-0.1, -0.05) is 36.4 Å². The number of carbonyl (C=O) groups excluding carboxylic acids is 1. The van der Waals surface area contributed by atoms with Gasteiger partial charge in [0.05, 0.1) is 16.2 Å². The minimum atomic E-state index is -3.36. The van der Waals surface area contributed by atoms with Crippen LogP contribution in [0.25, 0.3) is 0 Å². The molecule has 0 spiro atoms. The lowest BCUT2D eigenvalue weighted by Crippen LogP contribution is -2.37. The number of benzene rings is 2. The standard InChI is InChI=1S/C21H25NO5S/c23-21(16-27-17-7-3-1-4-8-17)22-13-11-18-15-20(12-14-26-18)28(24,25)19-9-5-2-6-10-19/h1-10,18,20H,11-16H2,(H,22,23)/t18-,20+/m0/s1. The number of sulfone groups is 1. The van der Waals surface area contributed by atoms with Crippen LogP contribution in [0.15, 0.2) is 65.6 Å². The summed E-state index contributed by atoms with van der Waals surface area (Å²) in [5.74, 6) is 0.426. The van der Waals surface area contributed by atoms with E-state index in [1.165, 1.54) is 0 Å². The molecule has 0 aromatic heterocycles. The molecule has 1 aliphatic heterocycles. The monoisotopic (exact) mass is 403 g/mol. The maximum Gasteiger partial charge on any atom is 0.257 e. The van der Waals surface area contributed by atoms with Crippen LogP contribution in [0.2, 0.25) is 0 Å². The highest BCUT2D eigenvalue weighted by molar-refractivity contribution is 7.92. The predicted molar refractivity (Wildman–Crippen MR) is 106 cm³/mol. The summed E-state index contributed by atoms with van der Waals surface area (Å²) in [5, 5.41) is 2.34. The normalized spacial score (nSPS) is 19.7. The van der Waals surface area contributed by atoms with Gasteiger partial charge in [0, 0.05) is 13.2 Å². The van der Waals surface area contributed by atoms with E-state index in [0.717, 1.165) is 0 Å². The minimum absolute atomic E-state index is 0.0550. The predicted octanol–water partition coefficient (Wildman–Crippen LogP) is 2.59. The molecule has 1 fully saturated rings. The molecule has 7 heteroatoms. The van der Waals surface area contributed by atoms with E-state index in [1.54, 1.807) is 42.5 Å². The van der Waals surface area contributed by atoms with Crippen molar-refractivity contribution < 1.29 is 22.7 Å². The van der Waals surface area contributed by atoms with E-state index in [4.69, 9.17) is 9.47 Å². The molecule has 1 aliphatic rings. The number of ether oxygens (including phenoxy) is 2. The van der Waals surface area contributed by atoms with E-state index in [9.17, 15) is 13.2 Å². The summed E-state index contributed by atoms with van der Waals surface area (Å²) in [4.78, 5) is 12.2. The molecule has 0 unspecified atom stereocenters. The average molecular weight is 404 g/mol. The van der Waals surface area contributed by atoms with E-state index in [-0.39, 0.29) is 18.6 Å². The second-order valence-corrected chi connectivity index (χ2v) is 8.97. The lowest BCUT2D eigenvalue weighted by molar-refractivity contribution is -0.123. The van der Waals surface area contributed by atoms with Crippen LogP contribution in [0, 0.1) is 0 Å². The molecule has 2 aromatic rings. The fourth-order valence-corrected chi connectivity index (χ4v) is 5.02. The van der Waals surface area contributed by atoms with Gasteiger partial charge in [0.15, 0.2) is 16.4 Å². The number of amides is 1. The second-order valence-electron chi connectivity index (χ2n) is 6.74. The quantitative estimate of drug-likeness (QED) is 0.733. The van der Waals surface area contributed by atoms with E-state index in [0.29, 0.717) is 43.1 Å². The number of hydrogen-bond donors (Lipinski definition) is 1. The molecular formula is C21H25NO5S. The Hall–Kier alpha value is -2.38. The van der Waals surface area contributed by atoms with Crippen molar-refractivity contribution in [2.45, 2.75) is 35.5 Å². The number of para-hydroxylation sites is 1. The van der Waals surface area contributed by atoms with Crippen LogP contribution < -0.4 is 10.1 Å². The van der Waals surface area contributed by atoms with Crippen molar-refractivity contribution in [1.82, 2.24) is 5.32 Å². The highest BCUT2D eigenvalue weighted by Crippen LogP contribution is 2.27. The molecule has 1 amide bonds. The van der Waals surface area contributed by atoms with Crippen molar-refractivity contribution in [3.8, 4) is 5.75 Å². The topological polar surface area (TPSA) is 81.7 Å². The maximum absolute atomic E-state index is 12.8. The largest absolute Gasteiger partial charge is 0.484 e. The van der Waals surface area contributed by atoms with Crippen LogP contribution in [0.3, 0.4) is 0 Å². The fraction of sp³-hybridized carbons (Fsp3) is 0.381. The lowest BCUT2D eigenvalue weighted by atomic mass is 10.1. The molecule has 2 aromatic carbocycles. The molecule has 3 rings (SSSR count). The third-order valence-electron chi connectivity index (χ3n) is 4.73. The average Bonchev–Trinajstić information content (AvgIpc) is 2.74. The summed E-state index contributed by atoms with van der Waals surface area (Å²) in [6.07, 6.45) is 1.31. The van der Waals surface area contributed by atoms with E-state index in [2.05, 4.69) is 5.32 Å². The van der Waals surface area contributed by atoms with Gasteiger partial charge in [0.25, 0.3) is 5.91 Å². The summed E-state index contributed by atoms with van der Waals surface area (Å²) in [6.45, 7) is 0.771. The molecule has 28 heavy (non-hydrogen) atoms. The highest BCUT2D eigenvalue weighted by Gasteiger charge is 2.33. The molecule has 1 heterocycles. The molecule has 150 valence electrons. The van der Waals surface area contributed by atoms with Crippen molar-refractivity contribution in [3.05, 3.63) is 60.7 Å². The lowest BCUT2D eigenvalue weighted by Gasteiger charge is -2.29. The second kappa shape index (κ2) is 9.71. The van der Waals surface area contributed by atoms with Gasteiger partial charge in [-0.15, -0.1) is 0 Å². The summed E-state index contributed by atoms with van der Waals surface area (Å²) >= 11 is 0. The van der Waals surface area contributed by atoms with Crippen LogP contribution in [0.1, 0.15) is 19.3 Å². The first-order valence-electron chi connectivity index (χ1n) is 9.41. The smallest absolute Gasteiger partial charge is 0.257 e. The van der Waals surface area contributed by atoms with Crippen molar-refractivity contribution >= 4 is 15.7 Å². The minimum Gasteiger partial charge on any atom is -0.484 e. The van der Waals surface area contributed by atoms with Gasteiger partial charge in [0.2, 0.25) is 0 Å². The Labute approximate surface area is 165 Å². The van der Waals surface area contributed by atoms with E-state index < -0.39 is 15.1 Å². The Morgan fingerprint density at radius 1 is 1.07 bits per heavy atom. The van der Waals surface area contributed by atoms with Crippen molar-refractivity contribution in [1.29, 1.82) is 0 Å². The molecule has 2 atom stereocenters. The zero-order valence-electron chi connectivity index (χ0n) is 15.6. The number of nitrogens with one attached hydrogen (secondary N) is 1. The van der Waals surface area contributed by atoms with Gasteiger partial charge in [-0.25, -0.2) is 8.42 Å². The zero-order valence-corrected chi connectivity index (χ0v) is 16.4. The first-order chi connectivity index (χ1) is 13.6. The Balaban J connectivity index is 1.43. The first-order valence-corrected chi connectivity index (χ1v) is 11.0. The molecule has 1 saturated heterocycles. The highest BCUT2D eigenvalue weighted by atomic mass is 32.2. The van der Waals surface area contributed by atoms with Crippen molar-refractivity contribution in [3.63, 3.8) is 0 Å². The Morgan fingerprint density at radius 3 is 2.46 bits per heavy atom. The molecule has 6 nitrogen and oxygen atoms in total. The van der Waals surface area contributed by atoms with Crippen LogP contribution in [0.4, 0.5) is 0 Å². The third-order valence-corrected chi connectivity index (χ3v) is 6.97. The molecule has 0 saturated carbocycles. The van der Waals surface area contributed by atoms with Gasteiger partial charge in [-0.05, 0) is 43.5 Å². The Morgan fingerprint density at radius 2 is 1.75 bits per heavy atom. The summed E-state index contributed by atoms with van der Waals surface area (Å²) in [6, 6.07) is 17.7. The van der Waals surface area contributed by atoms with Gasteiger partial charge in [-0.2, -0.15) is 0 Å². The molecule has 0 bridgehead atoms. The van der Waals surface area contributed by atoms with Crippen LogP contribution in [0.5, 0.6) is 5.75 Å². The van der Waals surface area contributed by atoms with Gasteiger partial charge < -0.3 is 14.8 Å². The van der Waals surface area contributed by atoms with Crippen LogP contribution in [-0.2, 0) is 19.4 Å². The first kappa shape index (κ1) is 20.4. The van der Waals surface area contributed by atoms with Crippen molar-refractivity contribution in [2.75, 3.05) is 19.8 Å². The molecule has 0 radical (unpaired) electrons.